The summed E-state index contributed by atoms with van der Waals surface area (Å²) < 4.78 is 6.68. The molecule has 0 aliphatic carbocycles. The molecule has 0 saturated carbocycles. The van der Waals surface area contributed by atoms with E-state index in [2.05, 4.69) is 44.9 Å². The first-order valence-electron chi connectivity index (χ1n) is 6.53. The second-order valence-electron chi connectivity index (χ2n) is 4.80. The Morgan fingerprint density at radius 3 is 2.55 bits per heavy atom. The fraction of sp³-hybridized carbons (Fsp3) is 0.429. The lowest BCUT2D eigenvalue weighted by molar-refractivity contribution is 0.148. The molecule has 5 nitrogen and oxygen atoms in total. The third-order valence-corrected chi connectivity index (χ3v) is 3.54. The van der Waals surface area contributed by atoms with Gasteiger partial charge in [-0.05, 0) is 38.1 Å². The van der Waals surface area contributed by atoms with Crippen molar-refractivity contribution in [2.45, 2.75) is 26.4 Å². The van der Waals surface area contributed by atoms with Gasteiger partial charge in [0.25, 0.3) is 0 Å². The molecule has 20 heavy (non-hydrogen) atoms. The molecule has 0 fully saturated rings. The van der Waals surface area contributed by atoms with Crippen molar-refractivity contribution in [1.29, 1.82) is 0 Å². The maximum absolute atomic E-state index is 9.06. The molecule has 6 heteroatoms. The molecule has 1 aromatic heterocycles. The highest BCUT2D eigenvalue weighted by molar-refractivity contribution is 9.10. The van der Waals surface area contributed by atoms with E-state index < -0.39 is 0 Å². The van der Waals surface area contributed by atoms with Crippen LogP contribution in [0.5, 0.6) is 0 Å². The van der Waals surface area contributed by atoms with Crippen LogP contribution in [0.2, 0.25) is 0 Å². The van der Waals surface area contributed by atoms with Crippen LogP contribution in [0.25, 0.3) is 11.5 Å². The average Bonchev–Trinajstić information content (AvgIpc) is 2.87. The quantitative estimate of drug-likeness (QED) is 0.876. The number of aliphatic hydroxyl groups is 1. The lowest BCUT2D eigenvalue weighted by Crippen LogP contribution is -2.33. The summed E-state index contributed by atoms with van der Waals surface area (Å²) in [6.45, 7) is 5.39. The van der Waals surface area contributed by atoms with Crippen LogP contribution in [0.1, 0.15) is 19.7 Å². The number of benzene rings is 1. The van der Waals surface area contributed by atoms with Gasteiger partial charge in [-0.25, -0.2) is 0 Å². The van der Waals surface area contributed by atoms with E-state index in [0.29, 0.717) is 30.9 Å². The fourth-order valence-electron chi connectivity index (χ4n) is 1.85. The number of nitrogens with zero attached hydrogens (tertiary/aromatic N) is 3. The zero-order valence-electron chi connectivity index (χ0n) is 11.6. The first-order chi connectivity index (χ1) is 9.60. The second kappa shape index (κ2) is 6.97. The third-order valence-electron chi connectivity index (χ3n) is 3.01. The summed E-state index contributed by atoms with van der Waals surface area (Å²) in [7, 11) is 0. The van der Waals surface area contributed by atoms with Crippen molar-refractivity contribution in [2.75, 3.05) is 13.2 Å². The maximum Gasteiger partial charge on any atom is 0.247 e. The van der Waals surface area contributed by atoms with Crippen LogP contribution in [-0.2, 0) is 6.54 Å². The summed E-state index contributed by atoms with van der Waals surface area (Å²) in [4.78, 5) is 2.08. The van der Waals surface area contributed by atoms with Gasteiger partial charge in [0.2, 0.25) is 11.8 Å². The van der Waals surface area contributed by atoms with Crippen LogP contribution in [0.3, 0.4) is 0 Å². The van der Waals surface area contributed by atoms with Gasteiger partial charge in [-0.2, -0.15) is 0 Å². The van der Waals surface area contributed by atoms with Gasteiger partial charge in [-0.1, -0.05) is 15.9 Å². The smallest absolute Gasteiger partial charge is 0.247 e. The Bertz CT molecular complexity index is 540. The Morgan fingerprint density at radius 2 is 1.95 bits per heavy atom. The molecule has 1 heterocycles. The second-order valence-corrected chi connectivity index (χ2v) is 5.71. The summed E-state index contributed by atoms with van der Waals surface area (Å²) in [6, 6.07) is 8.03. The normalized spacial score (nSPS) is 11.5. The monoisotopic (exact) mass is 339 g/mol. The molecule has 1 aromatic carbocycles. The van der Waals surface area contributed by atoms with Crippen molar-refractivity contribution in [3.05, 3.63) is 34.6 Å². The van der Waals surface area contributed by atoms with E-state index >= 15 is 0 Å². The van der Waals surface area contributed by atoms with Crippen molar-refractivity contribution in [3.63, 3.8) is 0 Å². The average molecular weight is 340 g/mol. The lowest BCUT2D eigenvalue weighted by Gasteiger charge is -2.23. The first kappa shape index (κ1) is 15.2. The van der Waals surface area contributed by atoms with Gasteiger partial charge in [0, 0.05) is 22.6 Å². The Balaban J connectivity index is 2.10. The van der Waals surface area contributed by atoms with Crippen molar-refractivity contribution in [1.82, 2.24) is 15.1 Å². The van der Waals surface area contributed by atoms with Crippen molar-refractivity contribution >= 4 is 15.9 Å². The van der Waals surface area contributed by atoms with E-state index in [1.807, 2.05) is 24.3 Å². The van der Waals surface area contributed by atoms with E-state index in [-0.39, 0.29) is 6.61 Å². The van der Waals surface area contributed by atoms with E-state index in [9.17, 15) is 0 Å². The van der Waals surface area contributed by atoms with Gasteiger partial charge in [-0.15, -0.1) is 10.2 Å². The van der Waals surface area contributed by atoms with Gasteiger partial charge in [0.15, 0.2) is 0 Å². The van der Waals surface area contributed by atoms with Gasteiger partial charge >= 0.3 is 0 Å². The molecular weight excluding hydrogens is 322 g/mol. The van der Waals surface area contributed by atoms with Crippen LogP contribution in [0.4, 0.5) is 0 Å². The molecule has 0 radical (unpaired) electrons. The number of aromatic nitrogens is 2. The highest BCUT2D eigenvalue weighted by Crippen LogP contribution is 2.21. The molecular formula is C14H18BrN3O2. The number of aliphatic hydroxyl groups excluding tert-OH is 1. The van der Waals surface area contributed by atoms with Crippen molar-refractivity contribution < 1.29 is 9.52 Å². The zero-order valence-corrected chi connectivity index (χ0v) is 13.2. The van der Waals surface area contributed by atoms with E-state index in [0.717, 1.165) is 10.0 Å². The summed E-state index contributed by atoms with van der Waals surface area (Å²) in [5, 5.41) is 17.2. The standard InChI is InChI=1S/C14H18BrN3O2/c1-10(2)18(7-8-19)9-13-16-17-14(20-13)11-3-5-12(15)6-4-11/h3-6,10,19H,7-9H2,1-2H3. The van der Waals surface area contributed by atoms with Crippen LogP contribution < -0.4 is 0 Å². The molecule has 2 aromatic rings. The molecule has 0 saturated heterocycles. The van der Waals surface area contributed by atoms with Crippen molar-refractivity contribution in [2.24, 2.45) is 0 Å². The third kappa shape index (κ3) is 3.88. The molecule has 0 amide bonds. The minimum atomic E-state index is 0.117. The van der Waals surface area contributed by atoms with Crippen molar-refractivity contribution in [3.8, 4) is 11.5 Å². The van der Waals surface area contributed by atoms with Crippen LogP contribution in [0, 0.1) is 0 Å². The minimum Gasteiger partial charge on any atom is -0.419 e. The van der Waals surface area contributed by atoms with Gasteiger partial charge in [-0.3, -0.25) is 4.90 Å². The number of hydrogen-bond donors (Lipinski definition) is 1. The predicted octanol–water partition coefficient (Wildman–Crippen LogP) is 2.70. The summed E-state index contributed by atoms with van der Waals surface area (Å²) in [5.41, 5.74) is 0.894. The first-order valence-corrected chi connectivity index (χ1v) is 7.32. The van der Waals surface area contributed by atoms with Crippen LogP contribution >= 0.6 is 15.9 Å². The molecule has 108 valence electrons. The summed E-state index contributed by atoms with van der Waals surface area (Å²) >= 11 is 3.39. The number of halogens is 1. The predicted molar refractivity (Wildman–Crippen MR) is 80.1 cm³/mol. The molecule has 0 aliphatic rings. The van der Waals surface area contributed by atoms with Crippen LogP contribution in [0.15, 0.2) is 33.2 Å². The summed E-state index contributed by atoms with van der Waals surface area (Å²) in [5.74, 6) is 1.07. The highest BCUT2D eigenvalue weighted by atomic mass is 79.9. The van der Waals surface area contributed by atoms with Crippen LogP contribution in [-0.4, -0.2) is 39.4 Å². The minimum absolute atomic E-state index is 0.117. The largest absolute Gasteiger partial charge is 0.419 e. The lowest BCUT2D eigenvalue weighted by atomic mass is 10.2. The molecule has 0 bridgehead atoms. The van der Waals surface area contributed by atoms with E-state index in [4.69, 9.17) is 9.52 Å². The SMILES string of the molecule is CC(C)N(CCO)Cc1nnc(-c2ccc(Br)cc2)o1. The number of rotatable bonds is 6. The Hall–Kier alpha value is -1.24. The van der Waals surface area contributed by atoms with Gasteiger partial charge < -0.3 is 9.52 Å². The molecule has 2 rings (SSSR count). The van der Waals surface area contributed by atoms with Gasteiger partial charge in [0.1, 0.15) is 0 Å². The zero-order chi connectivity index (χ0) is 14.5. The maximum atomic E-state index is 9.06. The molecule has 0 unspecified atom stereocenters. The molecule has 0 aliphatic heterocycles. The van der Waals surface area contributed by atoms with E-state index in [1.165, 1.54) is 0 Å². The molecule has 0 spiro atoms. The Labute approximate surface area is 126 Å². The fourth-order valence-corrected chi connectivity index (χ4v) is 2.11. The topological polar surface area (TPSA) is 62.4 Å². The Morgan fingerprint density at radius 1 is 1.25 bits per heavy atom. The molecule has 0 atom stereocenters. The Kier molecular flexibility index (Phi) is 5.28. The molecule has 1 N–H and O–H groups in total. The van der Waals surface area contributed by atoms with Gasteiger partial charge in [0.05, 0.1) is 13.2 Å². The van der Waals surface area contributed by atoms with E-state index in [1.54, 1.807) is 0 Å². The highest BCUT2D eigenvalue weighted by Gasteiger charge is 2.14. The number of hydrogen-bond acceptors (Lipinski definition) is 5. The summed E-state index contributed by atoms with van der Waals surface area (Å²) in [6.07, 6.45) is 0.